The van der Waals surface area contributed by atoms with Crippen LogP contribution in [0.5, 0.6) is 0 Å². The van der Waals surface area contributed by atoms with Gasteiger partial charge in [-0.25, -0.2) is 10.0 Å². The first kappa shape index (κ1) is 50.5. The Morgan fingerprint density at radius 2 is 1.06 bits per heavy atom. The summed E-state index contributed by atoms with van der Waals surface area (Å²) in [6.45, 7) is 36.8. The van der Waals surface area contributed by atoms with E-state index in [1.165, 1.54) is 147 Å². The predicted octanol–water partition coefficient (Wildman–Crippen LogP) is 15.0. The van der Waals surface area contributed by atoms with E-state index in [1.54, 1.807) is 0 Å². The minimum absolute atomic E-state index is 0.731. The zero-order valence-corrected chi connectivity index (χ0v) is 34.8. The van der Waals surface area contributed by atoms with Crippen molar-refractivity contribution in [2.24, 2.45) is 35.5 Å². The van der Waals surface area contributed by atoms with E-state index >= 15 is 0 Å². The van der Waals surface area contributed by atoms with Crippen molar-refractivity contribution in [3.05, 3.63) is 38.0 Å². The van der Waals surface area contributed by atoms with E-state index < -0.39 is 0 Å². The fourth-order valence-electron chi connectivity index (χ4n) is 6.38. The van der Waals surface area contributed by atoms with Crippen LogP contribution >= 0.6 is 0 Å². The molecule has 0 amide bonds. The Morgan fingerprint density at radius 1 is 0.681 bits per heavy atom. The van der Waals surface area contributed by atoms with Gasteiger partial charge in [0.15, 0.2) is 0 Å². The molecule has 2 atom stereocenters. The third-order valence-corrected chi connectivity index (χ3v) is 9.29. The first-order valence-corrected chi connectivity index (χ1v) is 20.5. The maximum absolute atomic E-state index is 3.98. The average molecular weight is 661 g/mol. The number of rotatable bonds is 27. The normalized spacial score (nSPS) is 15.3. The molecule has 0 aromatic carbocycles. The van der Waals surface area contributed by atoms with Crippen molar-refractivity contribution in [3.63, 3.8) is 0 Å². The first-order chi connectivity index (χ1) is 22.3. The van der Waals surface area contributed by atoms with Gasteiger partial charge in [0, 0.05) is 27.2 Å². The molecule has 0 N–H and O–H groups in total. The molecule has 0 aromatic rings. The Hall–Kier alpha value is -0.860. The van der Waals surface area contributed by atoms with E-state index in [-0.39, 0.29) is 0 Å². The van der Waals surface area contributed by atoms with Gasteiger partial charge in [0.25, 0.3) is 0 Å². The van der Waals surface area contributed by atoms with Gasteiger partial charge in [0.2, 0.25) is 0 Å². The second-order valence-electron chi connectivity index (χ2n) is 16.3. The molecule has 0 bridgehead atoms. The van der Waals surface area contributed by atoms with Crippen LogP contribution in [0.1, 0.15) is 191 Å². The third-order valence-electron chi connectivity index (χ3n) is 9.29. The standard InChI is InChI=1S/C24H50N2.C11H22.C8H16.C2H4/c1-6-7-8-9-10-13-16-19-22-26(25(4)5)23-20-17-14-11-12-15-18-21-24(2)3;1-6-11(7-9(2)3)8-10(4)5;1-6(2)4-8-5-7(8)3;1-2/h2,6-23H2,1,3-5H3;6,9-11H,1,7-8H2,2-5H3;6-8H,4-5H2,1-3H3;1-2H2. The third kappa shape index (κ3) is 41.2. The van der Waals surface area contributed by atoms with Gasteiger partial charge < -0.3 is 0 Å². The predicted molar refractivity (Wildman–Crippen MR) is 220 cm³/mol. The highest BCUT2D eigenvalue weighted by Crippen LogP contribution is 2.42. The van der Waals surface area contributed by atoms with E-state index in [0.717, 1.165) is 35.5 Å². The molecular weight excluding hydrogens is 569 g/mol. The topological polar surface area (TPSA) is 6.48 Å². The lowest BCUT2D eigenvalue weighted by Crippen LogP contribution is -2.38. The Labute approximate surface area is 300 Å². The fraction of sp³-hybridized carbons (Fsp3) is 0.867. The lowest BCUT2D eigenvalue weighted by molar-refractivity contribution is 0.0216. The second kappa shape index (κ2) is 36.4. The molecule has 0 aliphatic heterocycles. The Balaban J connectivity index is -0.000000746. The van der Waals surface area contributed by atoms with Gasteiger partial charge in [-0.3, -0.25) is 0 Å². The van der Waals surface area contributed by atoms with E-state index in [0.29, 0.717) is 0 Å². The molecule has 2 unspecified atom stereocenters. The molecule has 0 aromatic heterocycles. The Morgan fingerprint density at radius 3 is 1.34 bits per heavy atom. The van der Waals surface area contributed by atoms with Crippen molar-refractivity contribution >= 4 is 0 Å². The number of allylic oxidation sites excluding steroid dienone is 2. The maximum Gasteiger partial charge on any atom is 0.0133 e. The van der Waals surface area contributed by atoms with Crippen LogP contribution in [0.15, 0.2) is 38.0 Å². The van der Waals surface area contributed by atoms with Crippen LogP contribution in [0, 0.1) is 35.5 Å². The van der Waals surface area contributed by atoms with Crippen LogP contribution in [-0.2, 0) is 0 Å². The van der Waals surface area contributed by atoms with Crippen molar-refractivity contribution in [3.8, 4) is 0 Å². The fourth-order valence-corrected chi connectivity index (χ4v) is 6.38. The van der Waals surface area contributed by atoms with Crippen molar-refractivity contribution in [1.82, 2.24) is 10.0 Å². The molecule has 282 valence electrons. The molecule has 1 aliphatic rings. The zero-order valence-electron chi connectivity index (χ0n) is 34.8. The number of hydrazine groups is 1. The summed E-state index contributed by atoms with van der Waals surface area (Å²) in [6.07, 6.45) is 29.8. The second-order valence-corrected chi connectivity index (χ2v) is 16.3. The lowest BCUT2D eigenvalue weighted by Gasteiger charge is -2.29. The van der Waals surface area contributed by atoms with E-state index in [2.05, 4.69) is 119 Å². The average Bonchev–Trinajstić information content (AvgIpc) is 3.69. The Bertz CT molecular complexity index is 638. The summed E-state index contributed by atoms with van der Waals surface area (Å²) >= 11 is 0. The highest BCUT2D eigenvalue weighted by molar-refractivity contribution is 4.87. The zero-order chi connectivity index (χ0) is 36.5. The summed E-state index contributed by atoms with van der Waals surface area (Å²) in [6, 6.07) is 0. The molecular formula is C45H92N2. The lowest BCUT2D eigenvalue weighted by atomic mass is 9.90. The van der Waals surface area contributed by atoms with Crippen LogP contribution in [0.4, 0.5) is 0 Å². The van der Waals surface area contributed by atoms with Crippen LogP contribution in [0.25, 0.3) is 0 Å². The summed E-state index contributed by atoms with van der Waals surface area (Å²) in [4.78, 5) is 0. The molecule has 0 spiro atoms. The summed E-state index contributed by atoms with van der Waals surface area (Å²) in [7, 11) is 4.40. The van der Waals surface area contributed by atoms with Crippen molar-refractivity contribution in [2.45, 2.75) is 191 Å². The first-order valence-electron chi connectivity index (χ1n) is 20.5. The van der Waals surface area contributed by atoms with E-state index in [9.17, 15) is 0 Å². The van der Waals surface area contributed by atoms with Gasteiger partial charge in [-0.15, -0.1) is 26.3 Å². The molecule has 2 heteroatoms. The summed E-state index contributed by atoms with van der Waals surface area (Å²) in [5, 5.41) is 4.85. The van der Waals surface area contributed by atoms with Crippen LogP contribution in [-0.4, -0.2) is 37.2 Å². The number of nitrogens with zero attached hydrogens (tertiary/aromatic N) is 2. The Kier molecular flexibility index (Phi) is 39.1. The molecule has 1 rings (SSSR count). The summed E-state index contributed by atoms with van der Waals surface area (Å²) in [5.74, 6) is 5.40. The van der Waals surface area contributed by atoms with Gasteiger partial charge in [0.1, 0.15) is 0 Å². The highest BCUT2D eigenvalue weighted by Gasteiger charge is 2.32. The van der Waals surface area contributed by atoms with Gasteiger partial charge in [-0.2, -0.15) is 0 Å². The molecule has 1 saturated carbocycles. The molecule has 0 saturated heterocycles. The smallest absolute Gasteiger partial charge is 0.0133 e. The molecule has 2 nitrogen and oxygen atoms in total. The minimum Gasteiger partial charge on any atom is -0.248 e. The van der Waals surface area contributed by atoms with Crippen molar-refractivity contribution in [1.29, 1.82) is 0 Å². The summed E-state index contributed by atoms with van der Waals surface area (Å²) < 4.78 is 0. The molecule has 47 heavy (non-hydrogen) atoms. The molecule has 0 heterocycles. The monoisotopic (exact) mass is 661 g/mol. The quantitative estimate of drug-likeness (QED) is 0.0491. The number of hydrogen-bond donors (Lipinski definition) is 0. The molecule has 1 fully saturated rings. The van der Waals surface area contributed by atoms with Gasteiger partial charge in [0.05, 0.1) is 0 Å². The SMILES string of the molecule is C=C.C=C(C)CCCCCCCCCN(CCCCCCCCCC)N(C)C.C=CC(CC(C)C)CC(C)C.CC(C)CC1CC1C. The van der Waals surface area contributed by atoms with Crippen LogP contribution < -0.4 is 0 Å². The number of unbranched alkanes of at least 4 members (excludes halogenated alkanes) is 13. The largest absolute Gasteiger partial charge is 0.248 e. The number of hydrogen-bond acceptors (Lipinski definition) is 2. The van der Waals surface area contributed by atoms with Gasteiger partial charge >= 0.3 is 0 Å². The van der Waals surface area contributed by atoms with E-state index in [1.807, 2.05) is 0 Å². The van der Waals surface area contributed by atoms with Crippen LogP contribution in [0.2, 0.25) is 0 Å². The molecule has 1 aliphatic carbocycles. The van der Waals surface area contributed by atoms with Crippen molar-refractivity contribution < 1.29 is 0 Å². The molecule has 0 radical (unpaired) electrons. The maximum atomic E-state index is 3.98. The van der Waals surface area contributed by atoms with E-state index in [4.69, 9.17) is 0 Å². The van der Waals surface area contributed by atoms with Gasteiger partial charge in [-0.1, -0.05) is 144 Å². The summed E-state index contributed by atoms with van der Waals surface area (Å²) in [5.41, 5.74) is 1.34. The highest BCUT2D eigenvalue weighted by atomic mass is 15.6. The van der Waals surface area contributed by atoms with Crippen LogP contribution in [0.3, 0.4) is 0 Å². The minimum atomic E-state index is 0.731. The van der Waals surface area contributed by atoms with Crippen molar-refractivity contribution in [2.75, 3.05) is 27.2 Å². The van der Waals surface area contributed by atoms with Gasteiger partial charge in [-0.05, 0) is 93.8 Å².